The van der Waals surface area contributed by atoms with Gasteiger partial charge in [-0.05, 0) is 12.5 Å². The van der Waals surface area contributed by atoms with Gasteiger partial charge in [-0.3, -0.25) is 4.98 Å². The molecule has 0 atom stereocenters. The van der Waals surface area contributed by atoms with E-state index < -0.39 is 17.8 Å². The predicted molar refractivity (Wildman–Crippen MR) is 43.4 cm³/mol. The van der Waals surface area contributed by atoms with E-state index in [0.717, 1.165) is 6.20 Å². The molecule has 72 valence electrons. The van der Waals surface area contributed by atoms with E-state index in [0.29, 0.717) is 5.69 Å². The standard InChI is InChI=1S/C8H7ClF3N/c1-4-6(2-9)13-3-5(10)7(4)8(11)12/h3,8H,2H2,1H3. The molecule has 0 bridgehead atoms. The summed E-state index contributed by atoms with van der Waals surface area (Å²) >= 11 is 5.43. The van der Waals surface area contributed by atoms with Gasteiger partial charge >= 0.3 is 0 Å². The summed E-state index contributed by atoms with van der Waals surface area (Å²) in [6, 6.07) is 0. The Balaban J connectivity index is 3.30. The fourth-order valence-corrected chi connectivity index (χ4v) is 1.31. The number of halogens is 4. The highest BCUT2D eigenvalue weighted by molar-refractivity contribution is 6.17. The Morgan fingerprint density at radius 2 is 2.15 bits per heavy atom. The van der Waals surface area contributed by atoms with Gasteiger partial charge in [0.15, 0.2) is 5.82 Å². The van der Waals surface area contributed by atoms with Crippen LogP contribution in [0, 0.1) is 12.7 Å². The minimum atomic E-state index is -2.83. The summed E-state index contributed by atoms with van der Waals surface area (Å²) < 4.78 is 37.4. The molecule has 0 aliphatic rings. The van der Waals surface area contributed by atoms with Crippen molar-refractivity contribution < 1.29 is 13.2 Å². The van der Waals surface area contributed by atoms with Crippen LogP contribution in [0.3, 0.4) is 0 Å². The Labute approximate surface area is 78.5 Å². The second-order valence-electron chi connectivity index (χ2n) is 2.53. The van der Waals surface area contributed by atoms with Crippen LogP contribution in [0.1, 0.15) is 23.2 Å². The van der Waals surface area contributed by atoms with Gasteiger partial charge in [0.1, 0.15) is 0 Å². The molecule has 0 spiro atoms. The Hall–Kier alpha value is -0.770. The zero-order valence-corrected chi connectivity index (χ0v) is 7.58. The smallest absolute Gasteiger partial charge is 0.257 e. The fourth-order valence-electron chi connectivity index (χ4n) is 1.04. The van der Waals surface area contributed by atoms with Crippen LogP contribution < -0.4 is 0 Å². The van der Waals surface area contributed by atoms with Crippen molar-refractivity contribution in [3.05, 3.63) is 28.8 Å². The maximum atomic E-state index is 12.8. The second kappa shape index (κ2) is 3.96. The molecule has 1 aromatic heterocycles. The minimum Gasteiger partial charge on any atom is -0.257 e. The topological polar surface area (TPSA) is 12.9 Å². The predicted octanol–water partition coefficient (Wildman–Crippen LogP) is 3.21. The van der Waals surface area contributed by atoms with E-state index in [4.69, 9.17) is 11.6 Å². The summed E-state index contributed by atoms with van der Waals surface area (Å²) in [6.07, 6.45) is -2.06. The van der Waals surface area contributed by atoms with Gasteiger partial charge < -0.3 is 0 Å². The van der Waals surface area contributed by atoms with Crippen molar-refractivity contribution in [2.75, 3.05) is 0 Å². The van der Waals surface area contributed by atoms with Crippen molar-refractivity contribution in [3.63, 3.8) is 0 Å². The van der Waals surface area contributed by atoms with Gasteiger partial charge in [-0.1, -0.05) is 0 Å². The number of hydrogen-bond donors (Lipinski definition) is 0. The lowest BCUT2D eigenvalue weighted by Crippen LogP contribution is -2.01. The summed E-state index contributed by atoms with van der Waals surface area (Å²) in [6.45, 7) is 1.38. The van der Waals surface area contributed by atoms with Crippen LogP contribution in [0.2, 0.25) is 0 Å². The molecule has 0 aromatic carbocycles. The maximum Gasteiger partial charge on any atom is 0.267 e. The van der Waals surface area contributed by atoms with Crippen molar-refractivity contribution in [2.45, 2.75) is 19.2 Å². The van der Waals surface area contributed by atoms with Crippen molar-refractivity contribution in [1.29, 1.82) is 0 Å². The highest BCUT2D eigenvalue weighted by Crippen LogP contribution is 2.26. The van der Waals surface area contributed by atoms with E-state index in [1.54, 1.807) is 0 Å². The maximum absolute atomic E-state index is 12.8. The Bertz CT molecular complexity index is 315. The van der Waals surface area contributed by atoms with E-state index in [1.807, 2.05) is 0 Å². The van der Waals surface area contributed by atoms with Gasteiger partial charge in [0.2, 0.25) is 0 Å². The molecular weight excluding hydrogens is 203 g/mol. The van der Waals surface area contributed by atoms with Gasteiger partial charge in [-0.2, -0.15) is 0 Å². The van der Waals surface area contributed by atoms with Crippen molar-refractivity contribution in [2.24, 2.45) is 0 Å². The first kappa shape index (κ1) is 10.3. The highest BCUT2D eigenvalue weighted by Gasteiger charge is 2.18. The molecule has 0 N–H and O–H groups in total. The lowest BCUT2D eigenvalue weighted by atomic mass is 10.1. The third kappa shape index (κ3) is 1.94. The first-order valence-corrected chi connectivity index (χ1v) is 4.09. The largest absolute Gasteiger partial charge is 0.267 e. The summed E-state index contributed by atoms with van der Waals surface area (Å²) in [5.74, 6) is -0.979. The van der Waals surface area contributed by atoms with Crippen molar-refractivity contribution in [1.82, 2.24) is 4.98 Å². The van der Waals surface area contributed by atoms with Gasteiger partial charge in [0, 0.05) is 0 Å². The van der Waals surface area contributed by atoms with E-state index >= 15 is 0 Å². The van der Waals surface area contributed by atoms with E-state index in [1.165, 1.54) is 6.92 Å². The average molecular weight is 210 g/mol. The van der Waals surface area contributed by atoms with Gasteiger partial charge in [-0.15, -0.1) is 11.6 Å². The van der Waals surface area contributed by atoms with E-state index in [2.05, 4.69) is 4.98 Å². The molecule has 0 saturated carbocycles. The van der Waals surface area contributed by atoms with Crippen LogP contribution in [0.4, 0.5) is 13.2 Å². The Kier molecular flexibility index (Phi) is 3.14. The molecule has 5 heteroatoms. The summed E-state index contributed by atoms with van der Waals surface area (Å²) in [7, 11) is 0. The fraction of sp³-hybridized carbons (Fsp3) is 0.375. The monoisotopic (exact) mass is 209 g/mol. The normalized spacial score (nSPS) is 10.9. The summed E-state index contributed by atoms with van der Waals surface area (Å²) in [5.41, 5.74) is -0.186. The zero-order valence-electron chi connectivity index (χ0n) is 6.82. The molecule has 13 heavy (non-hydrogen) atoms. The van der Waals surface area contributed by atoms with Crippen LogP contribution in [-0.2, 0) is 5.88 Å². The third-order valence-corrected chi connectivity index (χ3v) is 2.03. The highest BCUT2D eigenvalue weighted by atomic mass is 35.5. The summed E-state index contributed by atoms with van der Waals surface area (Å²) in [5, 5.41) is 0. The number of pyridine rings is 1. The molecular formula is C8H7ClF3N. The molecule has 0 fully saturated rings. The minimum absolute atomic E-state index is 0.00579. The molecule has 1 aromatic rings. The van der Waals surface area contributed by atoms with Crippen LogP contribution in [0.5, 0.6) is 0 Å². The average Bonchev–Trinajstić information content (AvgIpc) is 2.04. The molecule has 0 radical (unpaired) electrons. The quantitative estimate of drug-likeness (QED) is 0.682. The molecule has 0 aliphatic carbocycles. The van der Waals surface area contributed by atoms with E-state index in [-0.39, 0.29) is 11.4 Å². The Morgan fingerprint density at radius 1 is 1.54 bits per heavy atom. The lowest BCUT2D eigenvalue weighted by molar-refractivity contribution is 0.145. The molecule has 1 rings (SSSR count). The molecule has 1 heterocycles. The van der Waals surface area contributed by atoms with Gasteiger partial charge in [0.05, 0.1) is 23.3 Å². The second-order valence-corrected chi connectivity index (χ2v) is 2.79. The van der Waals surface area contributed by atoms with Crippen LogP contribution >= 0.6 is 11.6 Å². The lowest BCUT2D eigenvalue weighted by Gasteiger charge is -2.08. The van der Waals surface area contributed by atoms with E-state index in [9.17, 15) is 13.2 Å². The number of hydrogen-bond acceptors (Lipinski definition) is 1. The SMILES string of the molecule is Cc1c(CCl)ncc(F)c1C(F)F. The number of rotatable bonds is 2. The Morgan fingerprint density at radius 3 is 2.62 bits per heavy atom. The van der Waals surface area contributed by atoms with Crippen molar-refractivity contribution >= 4 is 11.6 Å². The molecule has 0 unspecified atom stereocenters. The number of nitrogens with zero attached hydrogens (tertiary/aromatic N) is 1. The molecule has 0 amide bonds. The first-order chi connectivity index (χ1) is 6.07. The zero-order chi connectivity index (χ0) is 10.0. The van der Waals surface area contributed by atoms with Crippen LogP contribution in [0.15, 0.2) is 6.20 Å². The molecule has 1 nitrogen and oxygen atoms in total. The van der Waals surface area contributed by atoms with Gasteiger partial charge in [-0.25, -0.2) is 13.2 Å². The number of aromatic nitrogens is 1. The molecule has 0 saturated heterocycles. The van der Waals surface area contributed by atoms with Crippen LogP contribution in [-0.4, -0.2) is 4.98 Å². The molecule has 0 aliphatic heterocycles. The number of alkyl halides is 3. The summed E-state index contributed by atoms with van der Waals surface area (Å²) in [4.78, 5) is 3.60. The first-order valence-electron chi connectivity index (χ1n) is 3.56. The van der Waals surface area contributed by atoms with Crippen molar-refractivity contribution in [3.8, 4) is 0 Å². The van der Waals surface area contributed by atoms with Gasteiger partial charge in [0.25, 0.3) is 6.43 Å². The third-order valence-electron chi connectivity index (χ3n) is 1.77. The van der Waals surface area contributed by atoms with Crippen LogP contribution in [0.25, 0.3) is 0 Å².